The molecule has 3 aliphatic carbocycles. The van der Waals surface area contributed by atoms with Crippen LogP contribution in [0.4, 0.5) is 17.1 Å². The molecule has 10 nitrogen and oxygen atoms in total. The van der Waals surface area contributed by atoms with E-state index in [9.17, 15) is 28.4 Å². The van der Waals surface area contributed by atoms with Crippen LogP contribution in [0.15, 0.2) is 64.1 Å². The Morgan fingerprint density at radius 3 is 2.62 bits per heavy atom. The number of hydrogen-bond donors (Lipinski definition) is 3. The van der Waals surface area contributed by atoms with Crippen molar-refractivity contribution < 1.29 is 23.2 Å². The predicted octanol–water partition coefficient (Wildman–Crippen LogP) is 4.48. The van der Waals surface area contributed by atoms with Gasteiger partial charge in [0.1, 0.15) is 5.69 Å². The molecule has 34 heavy (non-hydrogen) atoms. The summed E-state index contributed by atoms with van der Waals surface area (Å²) >= 11 is 0. The van der Waals surface area contributed by atoms with Crippen LogP contribution in [-0.2, 0) is 10.0 Å². The molecule has 1 saturated carbocycles. The number of benzene rings is 2. The number of nitro benzene ring substituents is 1. The zero-order chi connectivity index (χ0) is 24.7. The van der Waals surface area contributed by atoms with E-state index in [1.165, 1.54) is 36.4 Å². The van der Waals surface area contributed by atoms with Crippen LogP contribution in [0, 0.1) is 27.4 Å². The number of carboxylic acids is 1. The summed E-state index contributed by atoms with van der Waals surface area (Å²) < 4.78 is 27.8. The molecule has 2 atom stereocenters. The van der Waals surface area contributed by atoms with Crippen molar-refractivity contribution in [2.75, 3.05) is 10.1 Å². The number of anilines is 2. The van der Waals surface area contributed by atoms with Crippen molar-refractivity contribution in [2.45, 2.75) is 31.6 Å². The minimum atomic E-state index is -4.29. The molecule has 3 aliphatic rings. The number of carbonyl (C=O) groups is 1. The Morgan fingerprint density at radius 2 is 1.97 bits per heavy atom. The van der Waals surface area contributed by atoms with Gasteiger partial charge in [-0.25, -0.2) is 13.2 Å². The third-order valence-corrected chi connectivity index (χ3v) is 8.15. The van der Waals surface area contributed by atoms with Gasteiger partial charge < -0.3 is 5.11 Å². The van der Waals surface area contributed by atoms with Gasteiger partial charge in [-0.2, -0.15) is 5.10 Å². The van der Waals surface area contributed by atoms with Crippen LogP contribution < -0.4 is 10.1 Å². The van der Waals surface area contributed by atoms with Crippen molar-refractivity contribution in [3.05, 3.63) is 69.8 Å². The maximum Gasteiger partial charge on any atom is 0.337 e. The number of carboxylic acid groups (broad SMARTS) is 1. The second kappa shape index (κ2) is 8.56. The number of para-hydroxylation sites is 1. The number of nitrogens with zero attached hydrogens (tertiary/aromatic N) is 2. The van der Waals surface area contributed by atoms with Gasteiger partial charge in [0.15, 0.2) is 0 Å². The summed E-state index contributed by atoms with van der Waals surface area (Å²) in [5.41, 5.74) is 3.12. The highest BCUT2D eigenvalue weighted by molar-refractivity contribution is 7.92. The monoisotopic (exact) mass is 484 g/mol. The molecule has 2 aromatic carbocycles. The zero-order valence-corrected chi connectivity index (χ0v) is 19.4. The van der Waals surface area contributed by atoms with E-state index in [0.29, 0.717) is 11.8 Å². The highest BCUT2D eigenvalue weighted by Crippen LogP contribution is 2.58. The number of allylic oxidation sites excluding steroid dienone is 2. The van der Waals surface area contributed by atoms with Crippen molar-refractivity contribution in [3.63, 3.8) is 0 Å². The van der Waals surface area contributed by atoms with E-state index in [4.69, 9.17) is 0 Å². The molecule has 0 unspecified atom stereocenters. The average molecular weight is 485 g/mol. The molecule has 2 bridgehead atoms. The fraction of sp³-hybridized carbons (Fsp3) is 0.304. The van der Waals surface area contributed by atoms with Crippen molar-refractivity contribution in [1.82, 2.24) is 0 Å². The van der Waals surface area contributed by atoms with Gasteiger partial charge in [-0.15, -0.1) is 0 Å². The molecule has 0 heterocycles. The molecule has 0 aromatic heterocycles. The molecule has 1 fully saturated rings. The second-order valence-corrected chi connectivity index (χ2v) is 10.7. The molecule has 0 radical (unpaired) electrons. The van der Waals surface area contributed by atoms with Crippen LogP contribution in [0.1, 0.15) is 37.0 Å². The summed E-state index contributed by atoms with van der Waals surface area (Å²) in [6.45, 7) is 4.46. The summed E-state index contributed by atoms with van der Waals surface area (Å²) in [5, 5.41) is 25.0. The minimum absolute atomic E-state index is 0.0355. The molecule has 11 heteroatoms. The Hall–Kier alpha value is -3.73. The van der Waals surface area contributed by atoms with Crippen LogP contribution in [0.2, 0.25) is 0 Å². The fourth-order valence-electron chi connectivity index (χ4n) is 4.61. The van der Waals surface area contributed by atoms with Crippen molar-refractivity contribution in [1.29, 1.82) is 0 Å². The molecule has 178 valence electrons. The Morgan fingerprint density at radius 1 is 1.24 bits per heavy atom. The number of hydrazone groups is 1. The zero-order valence-electron chi connectivity index (χ0n) is 18.6. The normalized spacial score (nSPS) is 20.8. The minimum Gasteiger partial charge on any atom is -0.478 e. The summed E-state index contributed by atoms with van der Waals surface area (Å²) in [6, 6.07) is 8.84. The summed E-state index contributed by atoms with van der Waals surface area (Å²) in [5.74, 6) is -0.232. The van der Waals surface area contributed by atoms with Gasteiger partial charge >= 0.3 is 5.97 Å². The topological polar surface area (TPSA) is 151 Å². The van der Waals surface area contributed by atoms with Gasteiger partial charge in [-0.05, 0) is 59.9 Å². The van der Waals surface area contributed by atoms with Gasteiger partial charge in [-0.3, -0.25) is 20.3 Å². The lowest BCUT2D eigenvalue weighted by Gasteiger charge is -2.55. The summed E-state index contributed by atoms with van der Waals surface area (Å²) in [4.78, 5) is 21.9. The van der Waals surface area contributed by atoms with Gasteiger partial charge in [-0.1, -0.05) is 32.1 Å². The van der Waals surface area contributed by atoms with E-state index in [1.807, 2.05) is 0 Å². The highest BCUT2D eigenvalue weighted by Gasteiger charge is 2.50. The number of aromatic carboxylic acids is 1. The van der Waals surface area contributed by atoms with Crippen LogP contribution in [0.25, 0.3) is 0 Å². The number of rotatable bonds is 8. The first kappa shape index (κ1) is 23.4. The van der Waals surface area contributed by atoms with E-state index in [0.717, 1.165) is 24.5 Å². The number of sulfonamides is 1. The van der Waals surface area contributed by atoms with Crippen molar-refractivity contribution in [3.8, 4) is 0 Å². The van der Waals surface area contributed by atoms with E-state index in [2.05, 4.69) is 35.2 Å². The lowest BCUT2D eigenvalue weighted by molar-refractivity contribution is -0.384. The van der Waals surface area contributed by atoms with Crippen LogP contribution >= 0.6 is 0 Å². The van der Waals surface area contributed by atoms with E-state index in [1.54, 1.807) is 6.21 Å². The first-order chi connectivity index (χ1) is 16.0. The van der Waals surface area contributed by atoms with Crippen molar-refractivity contribution in [2.24, 2.45) is 22.4 Å². The Kier molecular flexibility index (Phi) is 5.90. The third-order valence-electron chi connectivity index (χ3n) is 6.79. The predicted molar refractivity (Wildman–Crippen MR) is 127 cm³/mol. The SMILES string of the molecule is CC1(C)[C@H]2CC=C(C=NNc3ccc(S(=O)(=O)Nc4ccccc4C(=O)O)cc3[N+](=O)[O-])[C@H]1C2. The van der Waals surface area contributed by atoms with Gasteiger partial charge in [0, 0.05) is 6.07 Å². The molecule has 0 saturated heterocycles. The summed E-state index contributed by atoms with van der Waals surface area (Å²) in [7, 11) is -4.29. The Bertz CT molecular complexity index is 1330. The molecule has 0 aliphatic heterocycles. The smallest absolute Gasteiger partial charge is 0.337 e. The lowest BCUT2D eigenvalue weighted by atomic mass is 9.49. The molecule has 0 amide bonds. The van der Waals surface area contributed by atoms with Gasteiger partial charge in [0.25, 0.3) is 15.7 Å². The Balaban J connectivity index is 1.55. The first-order valence-electron chi connectivity index (χ1n) is 10.6. The highest BCUT2D eigenvalue weighted by atomic mass is 32.2. The first-order valence-corrected chi connectivity index (χ1v) is 12.1. The molecule has 2 aromatic rings. The maximum atomic E-state index is 12.8. The maximum absolute atomic E-state index is 12.8. The van der Waals surface area contributed by atoms with Crippen LogP contribution in [0.3, 0.4) is 0 Å². The second-order valence-electron chi connectivity index (χ2n) is 9.01. The largest absolute Gasteiger partial charge is 0.478 e. The van der Waals surface area contributed by atoms with E-state index >= 15 is 0 Å². The number of hydrogen-bond acceptors (Lipinski definition) is 7. The average Bonchev–Trinajstić information content (AvgIpc) is 2.79. The van der Waals surface area contributed by atoms with Gasteiger partial charge in [0.2, 0.25) is 0 Å². The lowest BCUT2D eigenvalue weighted by Crippen LogP contribution is -2.48. The molecule has 5 rings (SSSR count). The fourth-order valence-corrected chi connectivity index (χ4v) is 5.71. The molecule has 0 spiro atoms. The third kappa shape index (κ3) is 4.26. The van der Waals surface area contributed by atoms with Crippen LogP contribution in [0.5, 0.6) is 0 Å². The van der Waals surface area contributed by atoms with E-state index < -0.39 is 26.6 Å². The number of nitrogens with one attached hydrogen (secondary N) is 2. The van der Waals surface area contributed by atoms with Gasteiger partial charge in [0.05, 0.1) is 27.3 Å². The Labute approximate surface area is 196 Å². The van der Waals surface area contributed by atoms with Crippen LogP contribution in [-0.4, -0.2) is 30.6 Å². The molecule has 3 N–H and O–H groups in total. The van der Waals surface area contributed by atoms with E-state index in [-0.39, 0.29) is 27.2 Å². The number of nitro groups is 1. The summed E-state index contributed by atoms with van der Waals surface area (Å²) in [6.07, 6.45) is 5.89. The number of fused-ring (bicyclic) bond motifs is 1. The quantitative estimate of drug-likeness (QED) is 0.284. The standard InChI is InChI=1S/C23H24N4O6S/c1-23(2)15-8-7-14(18(23)11-15)13-24-25-20-10-9-16(12-21(20)27(30)31)34(32,33)26-19-6-4-3-5-17(19)22(28)29/h3-7,9-10,12-13,15,18,25-26H,8,11H2,1-2H3,(H,28,29)/t15-,18+/m0/s1. The molecular formula is C23H24N4O6S. The van der Waals surface area contributed by atoms with Crippen molar-refractivity contribution >= 4 is 39.3 Å². The molecular weight excluding hydrogens is 460 g/mol.